The Morgan fingerprint density at radius 1 is 1.14 bits per heavy atom. The van der Waals surface area contributed by atoms with Gasteiger partial charge >= 0.3 is 0 Å². The van der Waals surface area contributed by atoms with Crippen LogP contribution in [0.25, 0.3) is 0 Å². The van der Waals surface area contributed by atoms with Crippen molar-refractivity contribution in [1.29, 1.82) is 0 Å². The van der Waals surface area contributed by atoms with Crippen LogP contribution in [0.4, 0.5) is 0 Å². The van der Waals surface area contributed by atoms with E-state index >= 15 is 0 Å². The summed E-state index contributed by atoms with van der Waals surface area (Å²) in [5.74, 6) is 0.933. The Labute approximate surface area is 166 Å². The molecule has 0 spiro atoms. The molecule has 0 aliphatic carbocycles. The lowest BCUT2D eigenvalue weighted by atomic mass is 10.0. The quantitative estimate of drug-likeness (QED) is 0.794. The van der Waals surface area contributed by atoms with Crippen LogP contribution in [0.15, 0.2) is 30.5 Å². The molecule has 0 N–H and O–H groups in total. The topological polar surface area (TPSA) is 63.5 Å². The maximum absolute atomic E-state index is 12.6. The molecule has 1 aromatic carbocycles. The molecule has 0 atom stereocenters. The number of rotatable bonds is 5. The van der Waals surface area contributed by atoms with Crippen LogP contribution in [0.1, 0.15) is 54.2 Å². The first kappa shape index (κ1) is 18.9. The number of ether oxygens (including phenoxy) is 1. The zero-order chi connectivity index (χ0) is 19.3. The second-order valence-electron chi connectivity index (χ2n) is 7.80. The lowest BCUT2D eigenvalue weighted by Crippen LogP contribution is -2.36. The summed E-state index contributed by atoms with van der Waals surface area (Å²) >= 11 is 0. The zero-order valence-electron chi connectivity index (χ0n) is 16.6. The molecule has 0 radical (unpaired) electrons. The number of amides is 1. The van der Waals surface area contributed by atoms with E-state index in [1.54, 1.807) is 7.11 Å². The van der Waals surface area contributed by atoms with E-state index in [2.05, 4.69) is 27.3 Å². The van der Waals surface area contributed by atoms with E-state index in [4.69, 9.17) is 4.74 Å². The predicted octanol–water partition coefficient (Wildman–Crippen LogP) is 2.75. The average molecular weight is 383 g/mol. The Bertz CT molecular complexity index is 792. The summed E-state index contributed by atoms with van der Waals surface area (Å²) in [5, 5.41) is 8.44. The molecule has 3 heterocycles. The number of nitrogens with zero attached hydrogens (tertiary/aromatic N) is 5. The smallest absolute Gasteiger partial charge is 0.276 e. The van der Waals surface area contributed by atoms with Crippen LogP contribution in [-0.4, -0.2) is 64.0 Å². The largest absolute Gasteiger partial charge is 0.497 e. The Kier molecular flexibility index (Phi) is 5.90. The minimum Gasteiger partial charge on any atom is -0.497 e. The first-order valence-corrected chi connectivity index (χ1v) is 10.3. The van der Waals surface area contributed by atoms with Crippen molar-refractivity contribution >= 4 is 5.91 Å². The molecule has 0 saturated carbocycles. The zero-order valence-corrected chi connectivity index (χ0v) is 16.6. The van der Waals surface area contributed by atoms with Crippen molar-refractivity contribution < 1.29 is 9.53 Å². The van der Waals surface area contributed by atoms with Crippen molar-refractivity contribution in [2.45, 2.75) is 44.7 Å². The minimum absolute atomic E-state index is 0.0291. The van der Waals surface area contributed by atoms with E-state index in [1.165, 1.54) is 12.0 Å². The molecule has 1 aromatic heterocycles. The molecule has 2 saturated heterocycles. The highest BCUT2D eigenvalue weighted by molar-refractivity contribution is 5.91. The summed E-state index contributed by atoms with van der Waals surface area (Å²) in [5.41, 5.74) is 1.76. The fourth-order valence-electron chi connectivity index (χ4n) is 4.18. The first-order chi connectivity index (χ1) is 13.7. The van der Waals surface area contributed by atoms with Gasteiger partial charge in [-0.2, -0.15) is 0 Å². The molecular formula is C21H29N5O2. The van der Waals surface area contributed by atoms with Gasteiger partial charge < -0.3 is 9.64 Å². The SMILES string of the molecule is COc1cccc(CN2CCC(n3cc(C(=O)N4CCCCC4)nn3)CC2)c1. The summed E-state index contributed by atoms with van der Waals surface area (Å²) in [6.45, 7) is 4.64. The van der Waals surface area contributed by atoms with Gasteiger partial charge in [0.2, 0.25) is 0 Å². The number of hydrogen-bond acceptors (Lipinski definition) is 5. The van der Waals surface area contributed by atoms with Crippen LogP contribution >= 0.6 is 0 Å². The van der Waals surface area contributed by atoms with Gasteiger partial charge in [-0.05, 0) is 49.8 Å². The van der Waals surface area contributed by atoms with Gasteiger partial charge in [0.05, 0.1) is 19.3 Å². The molecule has 4 rings (SSSR count). The maximum Gasteiger partial charge on any atom is 0.276 e. The molecule has 7 heteroatoms. The van der Waals surface area contributed by atoms with Gasteiger partial charge in [0.25, 0.3) is 5.91 Å². The molecule has 1 amide bonds. The molecule has 0 unspecified atom stereocenters. The van der Waals surface area contributed by atoms with Crippen molar-refractivity contribution in [1.82, 2.24) is 24.8 Å². The predicted molar refractivity (Wildman–Crippen MR) is 106 cm³/mol. The number of carbonyl (C=O) groups is 1. The minimum atomic E-state index is 0.0291. The van der Waals surface area contributed by atoms with E-state index in [0.717, 1.165) is 64.2 Å². The third kappa shape index (κ3) is 4.35. The summed E-state index contributed by atoms with van der Waals surface area (Å²) < 4.78 is 7.22. The molecule has 0 bridgehead atoms. The van der Waals surface area contributed by atoms with Crippen LogP contribution in [0.3, 0.4) is 0 Å². The highest BCUT2D eigenvalue weighted by Gasteiger charge is 2.25. The number of hydrogen-bond donors (Lipinski definition) is 0. The maximum atomic E-state index is 12.6. The number of piperidine rings is 2. The Balaban J connectivity index is 1.31. The van der Waals surface area contributed by atoms with Crippen molar-refractivity contribution in [2.24, 2.45) is 0 Å². The van der Waals surface area contributed by atoms with E-state index in [9.17, 15) is 4.79 Å². The second kappa shape index (κ2) is 8.73. The first-order valence-electron chi connectivity index (χ1n) is 10.3. The molecule has 2 fully saturated rings. The fourth-order valence-corrected chi connectivity index (χ4v) is 4.18. The van der Waals surface area contributed by atoms with Crippen LogP contribution in [0.2, 0.25) is 0 Å². The third-order valence-electron chi connectivity index (χ3n) is 5.84. The number of likely N-dealkylation sites (tertiary alicyclic amines) is 2. The van der Waals surface area contributed by atoms with Crippen molar-refractivity contribution in [3.8, 4) is 5.75 Å². The lowest BCUT2D eigenvalue weighted by Gasteiger charge is -2.31. The molecule has 7 nitrogen and oxygen atoms in total. The molecular weight excluding hydrogens is 354 g/mol. The Morgan fingerprint density at radius 2 is 1.93 bits per heavy atom. The third-order valence-corrected chi connectivity index (χ3v) is 5.84. The van der Waals surface area contributed by atoms with Crippen LogP contribution in [-0.2, 0) is 6.54 Å². The fraction of sp³-hybridized carbons (Fsp3) is 0.571. The summed E-state index contributed by atoms with van der Waals surface area (Å²) in [4.78, 5) is 17.0. The molecule has 2 aliphatic rings. The van der Waals surface area contributed by atoms with Crippen molar-refractivity contribution in [3.05, 3.63) is 41.7 Å². The molecule has 2 aliphatic heterocycles. The number of methoxy groups -OCH3 is 1. The number of aromatic nitrogens is 3. The van der Waals surface area contributed by atoms with Crippen LogP contribution < -0.4 is 4.74 Å². The van der Waals surface area contributed by atoms with E-state index in [1.807, 2.05) is 27.9 Å². The monoisotopic (exact) mass is 383 g/mol. The summed E-state index contributed by atoms with van der Waals surface area (Å²) in [7, 11) is 1.70. The summed E-state index contributed by atoms with van der Waals surface area (Å²) in [6.07, 6.45) is 7.27. The van der Waals surface area contributed by atoms with E-state index in [0.29, 0.717) is 11.7 Å². The standard InChI is InChI=1S/C21H29N5O2/c1-28-19-7-5-6-17(14-19)15-24-12-8-18(9-13-24)26-16-20(22-23-26)21(27)25-10-3-2-4-11-25/h5-7,14,16,18H,2-4,8-13,15H2,1H3. The lowest BCUT2D eigenvalue weighted by molar-refractivity contribution is 0.0718. The molecule has 150 valence electrons. The van der Waals surface area contributed by atoms with Gasteiger partial charge in [0.15, 0.2) is 5.69 Å². The average Bonchev–Trinajstić information content (AvgIpc) is 3.25. The number of benzene rings is 1. The normalized spacial score (nSPS) is 19.0. The van der Waals surface area contributed by atoms with Crippen LogP contribution in [0, 0.1) is 0 Å². The Hall–Kier alpha value is -2.41. The van der Waals surface area contributed by atoms with E-state index < -0.39 is 0 Å². The van der Waals surface area contributed by atoms with Gasteiger partial charge in [-0.1, -0.05) is 17.3 Å². The van der Waals surface area contributed by atoms with Gasteiger partial charge in [0, 0.05) is 32.7 Å². The van der Waals surface area contributed by atoms with Gasteiger partial charge in [0.1, 0.15) is 5.75 Å². The van der Waals surface area contributed by atoms with Crippen LogP contribution in [0.5, 0.6) is 5.75 Å². The van der Waals surface area contributed by atoms with Gasteiger partial charge in [-0.3, -0.25) is 9.69 Å². The van der Waals surface area contributed by atoms with Gasteiger partial charge in [-0.15, -0.1) is 5.10 Å². The molecule has 2 aromatic rings. The Morgan fingerprint density at radius 3 is 2.68 bits per heavy atom. The van der Waals surface area contributed by atoms with Crippen molar-refractivity contribution in [3.63, 3.8) is 0 Å². The number of carbonyl (C=O) groups excluding carboxylic acids is 1. The summed E-state index contributed by atoms with van der Waals surface area (Å²) in [6, 6.07) is 8.57. The highest BCUT2D eigenvalue weighted by atomic mass is 16.5. The van der Waals surface area contributed by atoms with E-state index in [-0.39, 0.29) is 5.91 Å². The van der Waals surface area contributed by atoms with Gasteiger partial charge in [-0.25, -0.2) is 4.68 Å². The van der Waals surface area contributed by atoms with Crippen molar-refractivity contribution in [2.75, 3.05) is 33.3 Å². The molecule has 28 heavy (non-hydrogen) atoms. The second-order valence-corrected chi connectivity index (χ2v) is 7.80. The highest BCUT2D eigenvalue weighted by Crippen LogP contribution is 2.24.